The number of Topliss-reactive ketones (excluding diaryl/α,β-unsaturated/α-hetero) is 1. The maximum Gasteiger partial charge on any atom is 0.163 e. The van der Waals surface area contributed by atoms with Crippen molar-refractivity contribution < 1.29 is 9.53 Å². The van der Waals surface area contributed by atoms with E-state index in [0.29, 0.717) is 17.7 Å². The van der Waals surface area contributed by atoms with Gasteiger partial charge in [-0.15, -0.1) is 0 Å². The second kappa shape index (κ2) is 5.32. The molecule has 1 aromatic rings. The molecular formula is C14H19NO2. The molecule has 17 heavy (non-hydrogen) atoms. The van der Waals surface area contributed by atoms with Crippen LogP contribution in [0.15, 0.2) is 18.2 Å². The third kappa shape index (κ3) is 3.07. The van der Waals surface area contributed by atoms with Gasteiger partial charge >= 0.3 is 0 Å². The largest absolute Gasteiger partial charge is 0.398 e. The van der Waals surface area contributed by atoms with E-state index in [1.54, 1.807) is 6.07 Å². The quantitative estimate of drug-likeness (QED) is 0.642. The molecule has 1 aliphatic rings. The topological polar surface area (TPSA) is 52.3 Å². The maximum absolute atomic E-state index is 12.0. The third-order valence-corrected chi connectivity index (χ3v) is 3.32. The number of carbonyl (C=O) groups is 1. The van der Waals surface area contributed by atoms with Crippen LogP contribution in [0.1, 0.15) is 41.6 Å². The molecule has 1 heterocycles. The van der Waals surface area contributed by atoms with Gasteiger partial charge in [0.25, 0.3) is 0 Å². The highest BCUT2D eigenvalue weighted by atomic mass is 16.5. The summed E-state index contributed by atoms with van der Waals surface area (Å²) in [6.07, 6.45) is 3.86. The minimum Gasteiger partial charge on any atom is -0.398 e. The minimum absolute atomic E-state index is 0.159. The highest BCUT2D eigenvalue weighted by molar-refractivity contribution is 5.97. The van der Waals surface area contributed by atoms with Crippen LogP contribution in [0.25, 0.3) is 0 Å². The van der Waals surface area contributed by atoms with E-state index >= 15 is 0 Å². The summed E-state index contributed by atoms with van der Waals surface area (Å²) in [6, 6.07) is 5.52. The van der Waals surface area contributed by atoms with Crippen LogP contribution >= 0.6 is 0 Å². The van der Waals surface area contributed by atoms with Crippen molar-refractivity contribution in [2.24, 2.45) is 0 Å². The Labute approximate surface area is 102 Å². The molecule has 1 saturated heterocycles. The van der Waals surface area contributed by atoms with E-state index in [0.717, 1.165) is 31.4 Å². The van der Waals surface area contributed by atoms with E-state index in [1.165, 1.54) is 0 Å². The molecule has 0 bridgehead atoms. The van der Waals surface area contributed by atoms with E-state index in [4.69, 9.17) is 10.5 Å². The van der Waals surface area contributed by atoms with Gasteiger partial charge < -0.3 is 10.5 Å². The number of ether oxygens (including phenoxy) is 1. The van der Waals surface area contributed by atoms with Gasteiger partial charge in [0, 0.05) is 24.3 Å². The Bertz CT molecular complexity index is 409. The van der Waals surface area contributed by atoms with Gasteiger partial charge in [-0.05, 0) is 37.8 Å². The number of aryl methyl sites for hydroxylation is 1. The van der Waals surface area contributed by atoms with Crippen molar-refractivity contribution in [2.45, 2.75) is 38.7 Å². The molecule has 2 N–H and O–H groups in total. The summed E-state index contributed by atoms with van der Waals surface area (Å²) in [5.74, 6) is 0.159. The maximum atomic E-state index is 12.0. The van der Waals surface area contributed by atoms with Gasteiger partial charge in [-0.3, -0.25) is 4.79 Å². The second-order valence-electron chi connectivity index (χ2n) is 4.67. The summed E-state index contributed by atoms with van der Waals surface area (Å²) in [5, 5.41) is 0. The first-order valence-corrected chi connectivity index (χ1v) is 6.18. The number of anilines is 1. The highest BCUT2D eigenvalue weighted by Gasteiger charge is 2.17. The lowest BCUT2D eigenvalue weighted by atomic mass is 10.0. The minimum atomic E-state index is 0.159. The molecule has 0 radical (unpaired) electrons. The summed E-state index contributed by atoms with van der Waals surface area (Å²) in [5.41, 5.74) is 8.22. The van der Waals surface area contributed by atoms with Crippen molar-refractivity contribution in [3.05, 3.63) is 29.3 Å². The molecule has 3 heteroatoms. The van der Waals surface area contributed by atoms with E-state index in [-0.39, 0.29) is 11.9 Å². The molecule has 0 aromatic heterocycles. The van der Waals surface area contributed by atoms with E-state index in [1.807, 2.05) is 19.1 Å². The Balaban J connectivity index is 1.92. The first kappa shape index (κ1) is 12.1. The predicted molar refractivity (Wildman–Crippen MR) is 68.1 cm³/mol. The van der Waals surface area contributed by atoms with Crippen LogP contribution in [0, 0.1) is 6.92 Å². The Morgan fingerprint density at radius 3 is 3.00 bits per heavy atom. The third-order valence-electron chi connectivity index (χ3n) is 3.32. The van der Waals surface area contributed by atoms with Crippen LogP contribution in [0.3, 0.4) is 0 Å². The van der Waals surface area contributed by atoms with Crippen molar-refractivity contribution in [2.75, 3.05) is 12.3 Å². The van der Waals surface area contributed by atoms with Crippen LogP contribution in [0.2, 0.25) is 0 Å². The zero-order chi connectivity index (χ0) is 12.3. The van der Waals surface area contributed by atoms with Crippen molar-refractivity contribution >= 4 is 11.5 Å². The van der Waals surface area contributed by atoms with Crippen molar-refractivity contribution in [3.63, 3.8) is 0 Å². The molecule has 2 rings (SSSR count). The van der Waals surface area contributed by atoms with Gasteiger partial charge in [0.05, 0.1) is 6.10 Å². The number of carbonyl (C=O) groups excluding carboxylic acids is 1. The van der Waals surface area contributed by atoms with Crippen LogP contribution in [0.4, 0.5) is 5.69 Å². The number of rotatable bonds is 4. The molecule has 1 unspecified atom stereocenters. The number of benzene rings is 1. The fraction of sp³-hybridized carbons (Fsp3) is 0.500. The normalized spacial score (nSPS) is 19.5. The lowest BCUT2D eigenvalue weighted by Gasteiger charge is -2.09. The van der Waals surface area contributed by atoms with Gasteiger partial charge in [-0.2, -0.15) is 0 Å². The zero-order valence-corrected chi connectivity index (χ0v) is 10.2. The highest BCUT2D eigenvalue weighted by Crippen LogP contribution is 2.19. The lowest BCUT2D eigenvalue weighted by Crippen LogP contribution is -2.09. The lowest BCUT2D eigenvalue weighted by molar-refractivity contribution is 0.0859. The van der Waals surface area contributed by atoms with E-state index < -0.39 is 0 Å². The molecule has 1 aliphatic heterocycles. The van der Waals surface area contributed by atoms with Gasteiger partial charge in [-0.25, -0.2) is 0 Å². The van der Waals surface area contributed by atoms with Gasteiger partial charge in [0.1, 0.15) is 0 Å². The smallest absolute Gasteiger partial charge is 0.163 e. The predicted octanol–water partition coefficient (Wildman–Crippen LogP) is 2.72. The summed E-state index contributed by atoms with van der Waals surface area (Å²) in [7, 11) is 0. The molecule has 1 atom stereocenters. The summed E-state index contributed by atoms with van der Waals surface area (Å²) in [4.78, 5) is 12.0. The van der Waals surface area contributed by atoms with Crippen molar-refractivity contribution in [1.82, 2.24) is 0 Å². The number of hydrogen-bond donors (Lipinski definition) is 1. The SMILES string of the molecule is Cc1ccc(C(=O)CCC2CCCO2)cc1N. The van der Waals surface area contributed by atoms with E-state index in [2.05, 4.69) is 0 Å². The zero-order valence-electron chi connectivity index (χ0n) is 10.2. The number of nitrogen functional groups attached to an aromatic ring is 1. The summed E-state index contributed by atoms with van der Waals surface area (Å²) < 4.78 is 5.51. The van der Waals surface area contributed by atoms with Gasteiger partial charge in [0.2, 0.25) is 0 Å². The van der Waals surface area contributed by atoms with Gasteiger partial charge in [0.15, 0.2) is 5.78 Å². The average molecular weight is 233 g/mol. The molecular weight excluding hydrogens is 214 g/mol. The average Bonchev–Trinajstić information content (AvgIpc) is 2.82. The van der Waals surface area contributed by atoms with Crippen molar-refractivity contribution in [3.8, 4) is 0 Å². The molecule has 0 amide bonds. The Morgan fingerprint density at radius 2 is 2.35 bits per heavy atom. The monoisotopic (exact) mass is 233 g/mol. The van der Waals surface area contributed by atoms with Gasteiger partial charge in [-0.1, -0.05) is 12.1 Å². The number of nitrogens with two attached hydrogens (primary N) is 1. The Hall–Kier alpha value is -1.35. The molecule has 92 valence electrons. The first-order chi connectivity index (χ1) is 8.16. The molecule has 0 spiro atoms. The van der Waals surface area contributed by atoms with E-state index in [9.17, 15) is 4.79 Å². The van der Waals surface area contributed by atoms with Crippen molar-refractivity contribution in [1.29, 1.82) is 0 Å². The number of ketones is 1. The van der Waals surface area contributed by atoms with Crippen LogP contribution < -0.4 is 5.73 Å². The molecule has 0 aliphatic carbocycles. The standard InChI is InChI=1S/C14H19NO2/c1-10-4-5-11(9-13(10)15)14(16)7-6-12-3-2-8-17-12/h4-5,9,12H,2-3,6-8,15H2,1H3. The fourth-order valence-electron chi connectivity index (χ4n) is 2.12. The first-order valence-electron chi connectivity index (χ1n) is 6.18. The molecule has 3 nitrogen and oxygen atoms in total. The second-order valence-corrected chi connectivity index (χ2v) is 4.67. The fourth-order valence-corrected chi connectivity index (χ4v) is 2.12. The van der Waals surface area contributed by atoms with Crippen LogP contribution in [-0.2, 0) is 4.74 Å². The summed E-state index contributed by atoms with van der Waals surface area (Å²) >= 11 is 0. The molecule has 1 aromatic carbocycles. The Kier molecular flexibility index (Phi) is 3.79. The van der Waals surface area contributed by atoms with Crippen LogP contribution in [-0.4, -0.2) is 18.5 Å². The Morgan fingerprint density at radius 1 is 1.53 bits per heavy atom. The van der Waals surface area contributed by atoms with Crippen LogP contribution in [0.5, 0.6) is 0 Å². The molecule has 0 saturated carbocycles. The molecule has 1 fully saturated rings. The summed E-state index contributed by atoms with van der Waals surface area (Å²) in [6.45, 7) is 2.78. The number of hydrogen-bond acceptors (Lipinski definition) is 3.